The Balaban J connectivity index is 0.00000162. The Hall–Kier alpha value is -1.98. The smallest absolute Gasteiger partial charge is 0.865 e. The number of hydrogen-bond donors (Lipinski definition) is 0. The largest absolute Gasteiger partial charge is 1.00 e. The van der Waals surface area contributed by atoms with Crippen LogP contribution in [0, 0.1) is 25.4 Å². The quantitative estimate of drug-likeness (QED) is 0.232. The second-order valence-corrected chi connectivity index (χ2v) is 2.89. The van der Waals surface area contributed by atoms with Gasteiger partial charge in [0, 0.05) is 5.75 Å². The van der Waals surface area contributed by atoms with Gasteiger partial charge in [-0.1, -0.05) is 0 Å². The predicted molar refractivity (Wildman–Crippen MR) is 45.7 cm³/mol. The van der Waals surface area contributed by atoms with Crippen LogP contribution in [-0.2, 0) is 0 Å². The van der Waals surface area contributed by atoms with E-state index in [9.17, 15) is 30.5 Å². The molecule has 0 spiro atoms. The Morgan fingerprint density at radius 1 is 1.22 bits per heavy atom. The summed E-state index contributed by atoms with van der Waals surface area (Å²) in [5.74, 6) is -1.29. The molecular formula is C6HN4NaO7. The van der Waals surface area contributed by atoms with Crippen molar-refractivity contribution >= 4 is 22.4 Å². The van der Waals surface area contributed by atoms with Gasteiger partial charge >= 0.3 is 40.8 Å². The summed E-state index contributed by atoms with van der Waals surface area (Å²) in [6, 6.07) is 0.438. The summed E-state index contributed by atoms with van der Waals surface area (Å²) in [6.45, 7) is 0. The fraction of sp³-hybridized carbons (Fsp3) is 0. The molecule has 18 heavy (non-hydrogen) atoms. The molecule has 0 unspecified atom stereocenters. The third-order valence-corrected chi connectivity index (χ3v) is 1.97. The van der Waals surface area contributed by atoms with Gasteiger partial charge in [-0.2, -0.15) is 0 Å². The molecule has 11 nitrogen and oxygen atoms in total. The van der Waals surface area contributed by atoms with Crippen LogP contribution in [0.2, 0.25) is 0 Å². The van der Waals surface area contributed by atoms with E-state index >= 15 is 0 Å². The van der Waals surface area contributed by atoms with Crippen molar-refractivity contribution in [1.29, 1.82) is 0 Å². The molecule has 0 aliphatic rings. The zero-order chi connectivity index (χ0) is 12.7. The van der Waals surface area contributed by atoms with Crippen LogP contribution < -0.4 is 39.6 Å². The van der Waals surface area contributed by atoms with Gasteiger partial charge in [0.05, 0.1) is 21.1 Å². The van der Waals surface area contributed by atoms with Gasteiger partial charge in [0.1, 0.15) is 0 Å². The third-order valence-electron chi connectivity index (χ3n) is 1.97. The van der Waals surface area contributed by atoms with Crippen LogP contribution in [0.4, 0.5) is 11.4 Å². The maximum Gasteiger partial charge on any atom is 1.00 e. The molecule has 0 fully saturated rings. The van der Waals surface area contributed by atoms with E-state index in [1.807, 2.05) is 0 Å². The molecule has 1 aromatic heterocycles. The Morgan fingerprint density at radius 3 is 2.28 bits per heavy atom. The average molecular weight is 264 g/mol. The number of fused-ring (bicyclic) bond motifs is 1. The normalized spacial score (nSPS) is 10.0. The molecule has 2 rings (SSSR count). The van der Waals surface area contributed by atoms with Gasteiger partial charge in [0.25, 0.3) is 5.69 Å². The van der Waals surface area contributed by atoms with Crippen LogP contribution >= 0.6 is 0 Å². The molecule has 2 aromatic rings. The Labute approximate surface area is 119 Å². The molecule has 0 radical (unpaired) electrons. The van der Waals surface area contributed by atoms with Crippen LogP contribution in [-0.4, -0.2) is 15.0 Å². The predicted octanol–water partition coefficient (Wildman–Crippen LogP) is -3.64. The number of nitrogens with zero attached hydrogens (tertiary/aromatic N) is 4. The van der Waals surface area contributed by atoms with Gasteiger partial charge < -0.3 is 10.3 Å². The second kappa shape index (κ2) is 4.72. The SMILES string of the molecule is O=[N+]([O-])c1cc([N+](=O)[O-])c2no[n+]([O-])c2c1[O-].[Na+]. The molecule has 0 aliphatic carbocycles. The summed E-state index contributed by atoms with van der Waals surface area (Å²) in [4.78, 5) is 18.6. The van der Waals surface area contributed by atoms with Gasteiger partial charge in [0.2, 0.25) is 5.52 Å². The molecule has 0 saturated carbocycles. The Bertz CT molecular complexity index is 653. The minimum absolute atomic E-state index is 0. The van der Waals surface area contributed by atoms with E-state index in [0.717, 1.165) is 0 Å². The Morgan fingerprint density at radius 2 is 1.78 bits per heavy atom. The van der Waals surface area contributed by atoms with Gasteiger partial charge in [-0.25, -0.2) is 0 Å². The van der Waals surface area contributed by atoms with E-state index in [0.29, 0.717) is 6.07 Å². The second-order valence-electron chi connectivity index (χ2n) is 2.89. The number of nitro groups is 2. The van der Waals surface area contributed by atoms with Gasteiger partial charge in [-0.3, -0.25) is 24.9 Å². The monoisotopic (exact) mass is 264 g/mol. The summed E-state index contributed by atoms with van der Waals surface area (Å²) in [5.41, 5.74) is -3.42. The third kappa shape index (κ3) is 1.94. The molecule has 0 amide bonds. The minimum atomic E-state index is -1.29. The number of hydrogen-bond acceptors (Lipinski definition) is 8. The summed E-state index contributed by atoms with van der Waals surface area (Å²) in [7, 11) is 0. The van der Waals surface area contributed by atoms with Crippen LogP contribution in [0.5, 0.6) is 5.75 Å². The summed E-state index contributed by atoms with van der Waals surface area (Å²) < 4.78 is 4.01. The molecule has 1 heterocycles. The van der Waals surface area contributed by atoms with Crippen molar-refractivity contribution in [3.8, 4) is 5.75 Å². The fourth-order valence-corrected chi connectivity index (χ4v) is 1.27. The maximum atomic E-state index is 11.4. The van der Waals surface area contributed by atoms with E-state index in [1.165, 1.54) is 0 Å². The van der Waals surface area contributed by atoms with Crippen molar-refractivity contribution < 1.29 is 54.0 Å². The first-order valence-electron chi connectivity index (χ1n) is 3.95. The molecule has 0 atom stereocenters. The Kier molecular flexibility index (Phi) is 3.69. The van der Waals surface area contributed by atoms with Crippen molar-refractivity contribution in [2.45, 2.75) is 0 Å². The first-order chi connectivity index (χ1) is 7.93. The van der Waals surface area contributed by atoms with E-state index in [2.05, 4.69) is 9.79 Å². The molecule has 1 aromatic carbocycles. The number of rotatable bonds is 2. The molecule has 0 saturated heterocycles. The van der Waals surface area contributed by atoms with Gasteiger partial charge in [-0.05, 0) is 4.90 Å². The average Bonchev–Trinajstić information content (AvgIpc) is 2.61. The van der Waals surface area contributed by atoms with E-state index in [1.54, 1.807) is 0 Å². The van der Waals surface area contributed by atoms with Crippen molar-refractivity contribution in [3.63, 3.8) is 0 Å². The molecule has 0 aliphatic heterocycles. The van der Waals surface area contributed by atoms with Gasteiger partial charge in [0.15, 0.2) is 0 Å². The van der Waals surface area contributed by atoms with E-state index in [4.69, 9.17) is 0 Å². The topological polar surface area (TPSA) is 162 Å². The van der Waals surface area contributed by atoms with Crippen LogP contribution in [0.1, 0.15) is 0 Å². The number of nitro benzene ring substituents is 2. The molecule has 0 N–H and O–H groups in total. The van der Waals surface area contributed by atoms with Crippen LogP contribution in [0.3, 0.4) is 0 Å². The minimum Gasteiger partial charge on any atom is -0.865 e. The summed E-state index contributed by atoms with van der Waals surface area (Å²) in [5, 5.41) is 46.5. The first-order valence-corrected chi connectivity index (χ1v) is 3.95. The van der Waals surface area contributed by atoms with Crippen LogP contribution in [0.25, 0.3) is 11.0 Å². The maximum absolute atomic E-state index is 11.4. The standard InChI is InChI=1S/C6H2N4O7.Na/c11-6-3(9(14)15)1-2(8(12)13)4-5(6)10(16)17-7-4;/h1,11H;/q;+1/p-1. The van der Waals surface area contributed by atoms with Crippen molar-refractivity contribution in [2.75, 3.05) is 0 Å². The number of non-ortho nitro benzene ring substituents is 1. The van der Waals surface area contributed by atoms with Crippen LogP contribution in [0.15, 0.2) is 10.7 Å². The summed E-state index contributed by atoms with van der Waals surface area (Å²) >= 11 is 0. The zero-order valence-corrected chi connectivity index (χ0v) is 10.7. The zero-order valence-electron chi connectivity index (χ0n) is 8.72. The number of benzene rings is 1. The van der Waals surface area contributed by atoms with Gasteiger partial charge in [-0.15, -0.1) is 0 Å². The molecular weight excluding hydrogens is 263 g/mol. The molecule has 12 heteroatoms. The molecule has 0 bridgehead atoms. The van der Waals surface area contributed by atoms with E-state index in [-0.39, 0.29) is 29.6 Å². The van der Waals surface area contributed by atoms with Crippen molar-refractivity contribution in [3.05, 3.63) is 31.5 Å². The van der Waals surface area contributed by atoms with Crippen molar-refractivity contribution in [1.82, 2.24) is 5.16 Å². The number of aromatic nitrogens is 2. The fourth-order valence-electron chi connectivity index (χ4n) is 1.27. The van der Waals surface area contributed by atoms with Crippen molar-refractivity contribution in [2.24, 2.45) is 0 Å². The molecule has 88 valence electrons. The summed E-state index contributed by atoms with van der Waals surface area (Å²) in [6.07, 6.45) is 0. The first kappa shape index (κ1) is 14.1. The van der Waals surface area contributed by atoms with E-state index < -0.39 is 42.9 Å².